The van der Waals surface area contributed by atoms with Gasteiger partial charge >= 0.3 is 0 Å². The van der Waals surface area contributed by atoms with Crippen molar-refractivity contribution in [2.24, 2.45) is 0 Å². The number of aryl methyl sites for hydroxylation is 1. The molecule has 0 aliphatic carbocycles. The fraction of sp³-hybridized carbons (Fsp3) is 0.440. The molecule has 4 rings (SSSR count). The zero-order chi connectivity index (χ0) is 24.3. The van der Waals surface area contributed by atoms with Gasteiger partial charge in [0, 0.05) is 30.8 Å². The van der Waals surface area contributed by atoms with E-state index in [-0.39, 0.29) is 4.90 Å². The maximum Gasteiger partial charge on any atom is 0.226 e. The molecule has 2 aromatic carbocycles. The predicted octanol–water partition coefficient (Wildman–Crippen LogP) is 3.16. The number of fused-ring (bicyclic) bond motifs is 1. The van der Waals surface area contributed by atoms with Crippen molar-refractivity contribution < 1.29 is 17.9 Å². The van der Waals surface area contributed by atoms with E-state index in [0.29, 0.717) is 17.5 Å². The molecule has 0 saturated carbocycles. The summed E-state index contributed by atoms with van der Waals surface area (Å²) in [6.45, 7) is 4.53. The highest BCUT2D eigenvalue weighted by Crippen LogP contribution is 2.28. The first kappa shape index (κ1) is 24.2. The fourth-order valence-corrected chi connectivity index (χ4v) is 5.01. The van der Waals surface area contributed by atoms with Crippen LogP contribution in [0.25, 0.3) is 10.9 Å². The summed E-state index contributed by atoms with van der Waals surface area (Å²) in [5.41, 5.74) is 2.73. The van der Waals surface area contributed by atoms with E-state index in [4.69, 9.17) is 19.4 Å². The molecule has 182 valence electrons. The van der Waals surface area contributed by atoms with Crippen LogP contribution in [0.15, 0.2) is 41.3 Å². The molecule has 0 spiro atoms. The molecule has 2 heterocycles. The molecule has 1 aliphatic heterocycles. The van der Waals surface area contributed by atoms with Gasteiger partial charge < -0.3 is 19.7 Å². The van der Waals surface area contributed by atoms with Crippen molar-refractivity contribution in [3.8, 4) is 11.5 Å². The van der Waals surface area contributed by atoms with Gasteiger partial charge in [-0.1, -0.05) is 6.07 Å². The Balaban J connectivity index is 1.35. The van der Waals surface area contributed by atoms with Gasteiger partial charge in [0.2, 0.25) is 5.95 Å². The van der Waals surface area contributed by atoms with E-state index in [9.17, 15) is 8.42 Å². The molecule has 1 aromatic heterocycles. The highest BCUT2D eigenvalue weighted by atomic mass is 32.2. The lowest BCUT2D eigenvalue weighted by atomic mass is 10.0. The Kier molecular flexibility index (Phi) is 7.23. The van der Waals surface area contributed by atoms with E-state index in [2.05, 4.69) is 16.3 Å². The van der Waals surface area contributed by atoms with E-state index in [1.54, 1.807) is 32.4 Å². The van der Waals surface area contributed by atoms with E-state index < -0.39 is 9.84 Å². The highest BCUT2D eigenvalue weighted by Gasteiger charge is 2.22. The van der Waals surface area contributed by atoms with Gasteiger partial charge in [-0.15, -0.1) is 0 Å². The summed E-state index contributed by atoms with van der Waals surface area (Å²) in [6, 6.07) is 11.5. The lowest BCUT2D eigenvalue weighted by Crippen LogP contribution is -2.43. The average molecular weight is 485 g/mol. The number of sulfone groups is 1. The van der Waals surface area contributed by atoms with Crippen molar-refractivity contribution in [1.29, 1.82) is 0 Å². The topological polar surface area (TPSA) is 93.7 Å². The second-order valence-electron chi connectivity index (χ2n) is 8.71. The summed E-state index contributed by atoms with van der Waals surface area (Å²) >= 11 is 0. The van der Waals surface area contributed by atoms with E-state index in [0.717, 1.165) is 61.5 Å². The SMILES string of the molecule is COc1ccc(CCNC2CCN(c3nc(C)c4ccc(S(C)(=O)=O)cc4n3)CC2)cc1OC. The van der Waals surface area contributed by atoms with Gasteiger partial charge in [0.25, 0.3) is 0 Å². The van der Waals surface area contributed by atoms with Crippen LogP contribution in [0, 0.1) is 6.92 Å². The van der Waals surface area contributed by atoms with Gasteiger partial charge in [-0.3, -0.25) is 0 Å². The van der Waals surface area contributed by atoms with Crippen molar-refractivity contribution in [1.82, 2.24) is 15.3 Å². The Morgan fingerprint density at radius 3 is 2.44 bits per heavy atom. The third kappa shape index (κ3) is 5.42. The number of piperidine rings is 1. The average Bonchev–Trinajstić information content (AvgIpc) is 2.83. The third-order valence-corrected chi connectivity index (χ3v) is 7.46. The van der Waals surface area contributed by atoms with Crippen LogP contribution in [0.2, 0.25) is 0 Å². The molecule has 0 atom stereocenters. The third-order valence-electron chi connectivity index (χ3n) is 6.35. The number of methoxy groups -OCH3 is 2. The summed E-state index contributed by atoms with van der Waals surface area (Å²) in [5, 5.41) is 4.54. The number of nitrogens with zero attached hydrogens (tertiary/aromatic N) is 3. The van der Waals surface area contributed by atoms with Gasteiger partial charge in [0.15, 0.2) is 21.3 Å². The number of aromatic nitrogens is 2. The van der Waals surface area contributed by atoms with Gasteiger partial charge in [-0.25, -0.2) is 18.4 Å². The van der Waals surface area contributed by atoms with Gasteiger partial charge in [-0.05, 0) is 68.6 Å². The van der Waals surface area contributed by atoms with Crippen molar-refractivity contribution >= 4 is 26.7 Å². The number of hydrogen-bond donors (Lipinski definition) is 1. The van der Waals surface area contributed by atoms with Gasteiger partial charge in [0.1, 0.15) is 0 Å². The molecular formula is C25H32N4O4S. The molecule has 8 nitrogen and oxygen atoms in total. The first-order chi connectivity index (χ1) is 16.3. The smallest absolute Gasteiger partial charge is 0.226 e. The fourth-order valence-electron chi connectivity index (χ4n) is 4.37. The molecule has 1 N–H and O–H groups in total. The molecule has 1 fully saturated rings. The quantitative estimate of drug-likeness (QED) is 0.521. The lowest BCUT2D eigenvalue weighted by molar-refractivity contribution is 0.354. The molecule has 9 heteroatoms. The van der Waals surface area contributed by atoms with Crippen LogP contribution in [-0.2, 0) is 16.3 Å². The van der Waals surface area contributed by atoms with Crippen molar-refractivity contribution in [3.63, 3.8) is 0 Å². The normalized spacial score (nSPS) is 15.0. The summed E-state index contributed by atoms with van der Waals surface area (Å²) in [7, 11) is 0.00901. The Morgan fingerprint density at radius 1 is 1.03 bits per heavy atom. The maximum atomic E-state index is 11.9. The minimum Gasteiger partial charge on any atom is -0.493 e. The van der Waals surface area contributed by atoms with E-state index >= 15 is 0 Å². The zero-order valence-corrected chi connectivity index (χ0v) is 21.0. The largest absolute Gasteiger partial charge is 0.493 e. The monoisotopic (exact) mass is 484 g/mol. The Bertz CT molecular complexity index is 1270. The van der Waals surface area contributed by atoms with Crippen LogP contribution < -0.4 is 19.7 Å². The maximum absolute atomic E-state index is 11.9. The lowest BCUT2D eigenvalue weighted by Gasteiger charge is -2.32. The predicted molar refractivity (Wildman–Crippen MR) is 134 cm³/mol. The molecular weight excluding hydrogens is 452 g/mol. The van der Waals surface area contributed by atoms with Gasteiger partial charge in [0.05, 0.1) is 30.3 Å². The zero-order valence-electron chi connectivity index (χ0n) is 20.2. The molecule has 0 bridgehead atoms. The second-order valence-corrected chi connectivity index (χ2v) is 10.7. The first-order valence-corrected chi connectivity index (χ1v) is 13.4. The van der Waals surface area contributed by atoms with Crippen LogP contribution in [0.3, 0.4) is 0 Å². The summed E-state index contributed by atoms with van der Waals surface area (Å²) < 4.78 is 34.6. The highest BCUT2D eigenvalue weighted by molar-refractivity contribution is 7.90. The Morgan fingerprint density at radius 2 is 1.76 bits per heavy atom. The number of hydrogen-bond acceptors (Lipinski definition) is 8. The van der Waals surface area contributed by atoms with Crippen molar-refractivity contribution in [2.75, 3.05) is 45.0 Å². The molecule has 1 aliphatic rings. The Labute approximate surface area is 201 Å². The minimum atomic E-state index is -3.28. The molecule has 0 radical (unpaired) electrons. The van der Waals surface area contributed by atoms with E-state index in [1.807, 2.05) is 19.1 Å². The molecule has 3 aromatic rings. The molecule has 0 amide bonds. The van der Waals surface area contributed by atoms with Crippen LogP contribution in [0.1, 0.15) is 24.1 Å². The van der Waals surface area contributed by atoms with Crippen LogP contribution in [0.4, 0.5) is 5.95 Å². The summed E-state index contributed by atoms with van der Waals surface area (Å²) in [5.74, 6) is 2.16. The van der Waals surface area contributed by atoms with E-state index in [1.165, 1.54) is 11.8 Å². The number of anilines is 1. The van der Waals surface area contributed by atoms with Crippen LogP contribution in [0.5, 0.6) is 11.5 Å². The minimum absolute atomic E-state index is 0.279. The second kappa shape index (κ2) is 10.1. The summed E-state index contributed by atoms with van der Waals surface area (Å²) in [6.07, 6.45) is 4.12. The number of benzene rings is 2. The van der Waals surface area contributed by atoms with Crippen LogP contribution in [-0.4, -0.2) is 64.5 Å². The van der Waals surface area contributed by atoms with Crippen LogP contribution >= 0.6 is 0 Å². The van der Waals surface area contributed by atoms with Crippen molar-refractivity contribution in [3.05, 3.63) is 47.7 Å². The standard InChI is InChI=1S/C25H32N4O4S/c1-17-21-7-6-20(34(4,30)31)16-22(21)28-25(27-17)29-13-10-19(11-14-29)26-12-9-18-5-8-23(32-2)24(15-18)33-3/h5-8,15-16,19,26H,9-14H2,1-4H3. The van der Waals surface area contributed by atoms with Gasteiger partial charge in [-0.2, -0.15) is 0 Å². The Hall–Kier alpha value is -2.91. The molecule has 34 heavy (non-hydrogen) atoms. The summed E-state index contributed by atoms with van der Waals surface area (Å²) in [4.78, 5) is 11.9. The van der Waals surface area contributed by atoms with Crippen molar-refractivity contribution in [2.45, 2.75) is 37.1 Å². The molecule has 1 saturated heterocycles. The molecule has 0 unspecified atom stereocenters. The number of ether oxygens (including phenoxy) is 2. The first-order valence-electron chi connectivity index (χ1n) is 11.5. The number of rotatable bonds is 8. The number of nitrogens with one attached hydrogen (secondary N) is 1.